The van der Waals surface area contributed by atoms with Crippen LogP contribution in [0.25, 0.3) is 0 Å². The molecule has 1 N–H and O–H groups in total. The highest BCUT2D eigenvalue weighted by Crippen LogP contribution is 2.26. The third kappa shape index (κ3) is 2.53. The number of carbonyl (C=O) groups excluding carboxylic acids is 2. The van der Waals surface area contributed by atoms with E-state index in [0.29, 0.717) is 0 Å². The summed E-state index contributed by atoms with van der Waals surface area (Å²) < 4.78 is 39.4. The lowest BCUT2D eigenvalue weighted by Crippen LogP contribution is -2.30. The van der Waals surface area contributed by atoms with Crippen LogP contribution in [0.3, 0.4) is 0 Å². The van der Waals surface area contributed by atoms with Gasteiger partial charge in [-0.3, -0.25) is 4.79 Å². The number of anilines is 1. The van der Waals surface area contributed by atoms with Gasteiger partial charge in [0.1, 0.15) is 5.75 Å². The Kier molecular flexibility index (Phi) is 2.85. The van der Waals surface area contributed by atoms with Gasteiger partial charge in [-0.2, -0.15) is 0 Å². The largest absolute Gasteiger partial charge is 0.573 e. The first-order chi connectivity index (χ1) is 8.37. The van der Waals surface area contributed by atoms with Crippen molar-refractivity contribution in [2.75, 3.05) is 11.4 Å². The molecule has 0 bridgehead atoms. The molecule has 5 nitrogen and oxygen atoms in total. The van der Waals surface area contributed by atoms with Gasteiger partial charge in [0, 0.05) is 0 Å². The summed E-state index contributed by atoms with van der Waals surface area (Å²) in [6.07, 6.45) is -4.78. The van der Waals surface area contributed by atoms with E-state index >= 15 is 0 Å². The molecule has 1 aromatic rings. The van der Waals surface area contributed by atoms with Crippen LogP contribution in [-0.4, -0.2) is 24.8 Å². The van der Waals surface area contributed by atoms with E-state index in [2.05, 4.69) is 10.1 Å². The Morgan fingerprint density at radius 3 is 2.22 bits per heavy atom. The van der Waals surface area contributed by atoms with Gasteiger partial charge >= 0.3 is 12.4 Å². The molecule has 0 unspecified atom stereocenters. The van der Waals surface area contributed by atoms with E-state index < -0.39 is 24.1 Å². The predicted octanol–water partition coefficient (Wildman–Crippen LogP) is 1.64. The van der Waals surface area contributed by atoms with Crippen molar-refractivity contribution in [3.8, 4) is 5.75 Å². The number of ether oxygens (including phenoxy) is 1. The van der Waals surface area contributed by atoms with Crippen molar-refractivity contribution in [2.45, 2.75) is 6.36 Å². The minimum Gasteiger partial charge on any atom is -0.406 e. The maximum Gasteiger partial charge on any atom is 0.573 e. The lowest BCUT2D eigenvalue weighted by Gasteiger charge is -2.13. The van der Waals surface area contributed by atoms with Crippen molar-refractivity contribution < 1.29 is 27.5 Å². The SMILES string of the molecule is O=C1CNC(=O)N1c1ccc(OC(F)(F)F)cc1. The number of imide groups is 1. The summed E-state index contributed by atoms with van der Waals surface area (Å²) in [5.41, 5.74) is 0.185. The summed E-state index contributed by atoms with van der Waals surface area (Å²) in [5, 5.41) is 2.30. The van der Waals surface area contributed by atoms with Gasteiger partial charge in [0.05, 0.1) is 12.2 Å². The molecule has 1 heterocycles. The molecule has 1 fully saturated rings. The fraction of sp³-hybridized carbons (Fsp3) is 0.200. The first kappa shape index (κ1) is 12.2. The number of alkyl halides is 3. The van der Waals surface area contributed by atoms with Crippen molar-refractivity contribution >= 4 is 17.6 Å². The van der Waals surface area contributed by atoms with Gasteiger partial charge in [-0.05, 0) is 24.3 Å². The number of amides is 3. The molecule has 3 amide bonds. The quantitative estimate of drug-likeness (QED) is 0.822. The number of urea groups is 1. The van der Waals surface area contributed by atoms with E-state index in [1.165, 1.54) is 12.1 Å². The molecule has 0 atom stereocenters. The van der Waals surface area contributed by atoms with Crippen LogP contribution in [0.5, 0.6) is 5.75 Å². The van der Waals surface area contributed by atoms with Crippen LogP contribution in [0.2, 0.25) is 0 Å². The highest BCUT2D eigenvalue weighted by atomic mass is 19.4. The second-order valence-electron chi connectivity index (χ2n) is 3.43. The fourth-order valence-corrected chi connectivity index (χ4v) is 1.48. The number of nitrogens with one attached hydrogen (secondary N) is 1. The summed E-state index contributed by atoms with van der Waals surface area (Å²) in [7, 11) is 0. The Bertz CT molecular complexity index is 468. The number of hydrogen-bond acceptors (Lipinski definition) is 3. The van der Waals surface area contributed by atoms with E-state index in [1.54, 1.807) is 0 Å². The lowest BCUT2D eigenvalue weighted by molar-refractivity contribution is -0.274. The van der Waals surface area contributed by atoms with Crippen molar-refractivity contribution in [1.29, 1.82) is 0 Å². The second-order valence-corrected chi connectivity index (χ2v) is 3.43. The molecule has 0 radical (unpaired) electrons. The number of hydrogen-bond donors (Lipinski definition) is 1. The van der Waals surface area contributed by atoms with Crippen LogP contribution in [0.4, 0.5) is 23.7 Å². The normalized spacial score (nSPS) is 15.8. The third-order valence-electron chi connectivity index (χ3n) is 2.17. The van der Waals surface area contributed by atoms with E-state index in [1.807, 2.05) is 0 Å². The molecule has 0 saturated carbocycles. The monoisotopic (exact) mass is 260 g/mol. The summed E-state index contributed by atoms with van der Waals surface area (Å²) >= 11 is 0. The summed E-state index contributed by atoms with van der Waals surface area (Å²) in [6, 6.07) is 3.85. The van der Waals surface area contributed by atoms with E-state index in [0.717, 1.165) is 17.0 Å². The maximum absolute atomic E-state index is 11.9. The molecule has 2 rings (SSSR count). The molecular formula is C10H7F3N2O3. The summed E-state index contributed by atoms with van der Waals surface area (Å²) in [4.78, 5) is 23.5. The molecule has 96 valence electrons. The highest BCUT2D eigenvalue weighted by Gasteiger charge is 2.32. The number of carbonyl (C=O) groups is 2. The summed E-state index contributed by atoms with van der Waals surface area (Å²) in [6.45, 7) is -0.125. The zero-order valence-electron chi connectivity index (χ0n) is 8.82. The Labute approximate surface area is 99.1 Å². The Morgan fingerprint density at radius 1 is 1.17 bits per heavy atom. The van der Waals surface area contributed by atoms with Gasteiger partial charge in [-0.25, -0.2) is 9.69 Å². The van der Waals surface area contributed by atoms with Crippen LogP contribution in [0, 0.1) is 0 Å². The minimum atomic E-state index is -4.78. The van der Waals surface area contributed by atoms with Crippen LogP contribution in [0.1, 0.15) is 0 Å². The number of nitrogens with zero attached hydrogens (tertiary/aromatic N) is 1. The molecule has 8 heteroatoms. The van der Waals surface area contributed by atoms with Crippen LogP contribution in [0.15, 0.2) is 24.3 Å². The fourth-order valence-electron chi connectivity index (χ4n) is 1.48. The number of halogens is 3. The van der Waals surface area contributed by atoms with Crippen LogP contribution >= 0.6 is 0 Å². The molecule has 1 aliphatic heterocycles. The Morgan fingerprint density at radius 2 is 1.78 bits per heavy atom. The topological polar surface area (TPSA) is 58.6 Å². The third-order valence-corrected chi connectivity index (χ3v) is 2.17. The molecule has 1 aliphatic rings. The summed E-state index contributed by atoms with van der Waals surface area (Å²) in [5.74, 6) is -0.886. The number of rotatable bonds is 2. The zero-order valence-corrected chi connectivity index (χ0v) is 8.82. The lowest BCUT2D eigenvalue weighted by atomic mass is 10.3. The minimum absolute atomic E-state index is 0.125. The molecule has 18 heavy (non-hydrogen) atoms. The average Bonchev–Trinajstić information content (AvgIpc) is 2.58. The van der Waals surface area contributed by atoms with Gasteiger partial charge in [0.2, 0.25) is 0 Å². The first-order valence-electron chi connectivity index (χ1n) is 4.83. The maximum atomic E-state index is 11.9. The number of benzene rings is 1. The van der Waals surface area contributed by atoms with E-state index in [-0.39, 0.29) is 12.2 Å². The van der Waals surface area contributed by atoms with Crippen molar-refractivity contribution in [3.05, 3.63) is 24.3 Å². The van der Waals surface area contributed by atoms with Gasteiger partial charge in [0.25, 0.3) is 5.91 Å². The predicted molar refractivity (Wildman–Crippen MR) is 54.0 cm³/mol. The smallest absolute Gasteiger partial charge is 0.406 e. The molecule has 0 aromatic heterocycles. The molecule has 1 aromatic carbocycles. The van der Waals surface area contributed by atoms with Crippen molar-refractivity contribution in [1.82, 2.24) is 5.32 Å². The van der Waals surface area contributed by atoms with Crippen molar-refractivity contribution in [3.63, 3.8) is 0 Å². The average molecular weight is 260 g/mol. The molecule has 0 aliphatic carbocycles. The van der Waals surface area contributed by atoms with Gasteiger partial charge in [-0.15, -0.1) is 13.2 Å². The zero-order chi connectivity index (χ0) is 13.3. The van der Waals surface area contributed by atoms with Gasteiger partial charge in [0.15, 0.2) is 0 Å². The standard InChI is InChI=1S/C10H7F3N2O3/c11-10(12,13)18-7-3-1-6(2-4-7)15-8(16)5-14-9(15)17/h1-4H,5H2,(H,14,17). The van der Waals surface area contributed by atoms with E-state index in [9.17, 15) is 22.8 Å². The Hall–Kier alpha value is -2.25. The first-order valence-corrected chi connectivity index (χ1v) is 4.83. The van der Waals surface area contributed by atoms with Crippen molar-refractivity contribution in [2.24, 2.45) is 0 Å². The molecule has 1 saturated heterocycles. The van der Waals surface area contributed by atoms with Crippen LogP contribution < -0.4 is 15.0 Å². The van der Waals surface area contributed by atoms with Gasteiger partial charge < -0.3 is 10.1 Å². The van der Waals surface area contributed by atoms with Crippen LogP contribution in [-0.2, 0) is 4.79 Å². The molecule has 0 spiro atoms. The highest BCUT2D eigenvalue weighted by molar-refractivity contribution is 6.19. The van der Waals surface area contributed by atoms with Gasteiger partial charge in [-0.1, -0.05) is 0 Å². The molecular weight excluding hydrogens is 253 g/mol. The van der Waals surface area contributed by atoms with E-state index in [4.69, 9.17) is 0 Å². The second kappa shape index (κ2) is 4.21. The Balaban J connectivity index is 2.17.